The van der Waals surface area contributed by atoms with Gasteiger partial charge in [-0.05, 0) is 35.4 Å². The van der Waals surface area contributed by atoms with E-state index in [0.29, 0.717) is 16.7 Å². The first-order valence-electron chi connectivity index (χ1n) is 6.54. The summed E-state index contributed by atoms with van der Waals surface area (Å²) in [5, 5.41) is 3.31. The van der Waals surface area contributed by atoms with Crippen LogP contribution in [0.15, 0.2) is 53.4 Å². The zero-order chi connectivity index (χ0) is 14.4. The standard InChI is InChI=1S/C16H17F2NS/c1-2-19-11-13-5-3-4-6-15(13)12-7-9-14(10-8-12)20-16(17)18/h3-10,16,19H,2,11H2,1H3. The van der Waals surface area contributed by atoms with Gasteiger partial charge >= 0.3 is 0 Å². The lowest BCUT2D eigenvalue weighted by molar-refractivity contribution is 0.252. The molecule has 0 aliphatic rings. The van der Waals surface area contributed by atoms with Gasteiger partial charge in [-0.15, -0.1) is 0 Å². The van der Waals surface area contributed by atoms with Gasteiger partial charge in [0.1, 0.15) is 0 Å². The molecule has 0 fully saturated rings. The Morgan fingerprint density at radius 3 is 2.40 bits per heavy atom. The number of benzene rings is 2. The van der Waals surface area contributed by atoms with Gasteiger partial charge in [0, 0.05) is 11.4 Å². The Morgan fingerprint density at radius 1 is 1.05 bits per heavy atom. The molecule has 0 spiro atoms. The normalized spacial score (nSPS) is 11.0. The van der Waals surface area contributed by atoms with Crippen molar-refractivity contribution in [3.05, 3.63) is 54.1 Å². The van der Waals surface area contributed by atoms with Gasteiger partial charge in [-0.3, -0.25) is 0 Å². The molecule has 2 aromatic carbocycles. The van der Waals surface area contributed by atoms with Crippen LogP contribution < -0.4 is 5.32 Å². The molecule has 4 heteroatoms. The van der Waals surface area contributed by atoms with Crippen molar-refractivity contribution in [3.63, 3.8) is 0 Å². The first kappa shape index (κ1) is 15.0. The van der Waals surface area contributed by atoms with Gasteiger partial charge in [0.2, 0.25) is 0 Å². The lowest BCUT2D eigenvalue weighted by Crippen LogP contribution is -2.12. The molecular weight excluding hydrogens is 276 g/mol. The molecule has 0 aliphatic carbocycles. The minimum atomic E-state index is -2.37. The molecule has 0 amide bonds. The van der Waals surface area contributed by atoms with Crippen LogP contribution in [0.3, 0.4) is 0 Å². The Kier molecular flexibility index (Phi) is 5.56. The van der Waals surface area contributed by atoms with Gasteiger partial charge in [0.05, 0.1) is 0 Å². The lowest BCUT2D eigenvalue weighted by atomic mass is 10.00. The highest BCUT2D eigenvalue weighted by atomic mass is 32.2. The lowest BCUT2D eigenvalue weighted by Gasteiger charge is -2.10. The van der Waals surface area contributed by atoms with Crippen molar-refractivity contribution < 1.29 is 8.78 Å². The molecule has 0 radical (unpaired) electrons. The van der Waals surface area contributed by atoms with E-state index in [1.165, 1.54) is 5.56 Å². The van der Waals surface area contributed by atoms with Gasteiger partial charge in [0.25, 0.3) is 5.76 Å². The smallest absolute Gasteiger partial charge is 0.288 e. The number of alkyl halides is 2. The molecule has 106 valence electrons. The van der Waals surface area contributed by atoms with E-state index in [4.69, 9.17) is 0 Å². The first-order chi connectivity index (χ1) is 9.70. The van der Waals surface area contributed by atoms with Crippen molar-refractivity contribution in [3.8, 4) is 11.1 Å². The van der Waals surface area contributed by atoms with Crippen molar-refractivity contribution in [1.82, 2.24) is 5.32 Å². The minimum Gasteiger partial charge on any atom is -0.313 e. The molecule has 0 unspecified atom stereocenters. The van der Waals surface area contributed by atoms with Crippen molar-refractivity contribution >= 4 is 11.8 Å². The van der Waals surface area contributed by atoms with E-state index >= 15 is 0 Å². The number of halogens is 2. The maximum absolute atomic E-state index is 12.3. The number of thioether (sulfide) groups is 1. The van der Waals surface area contributed by atoms with Gasteiger partial charge in [-0.25, -0.2) is 0 Å². The summed E-state index contributed by atoms with van der Waals surface area (Å²) >= 11 is 0.575. The Hall–Kier alpha value is -1.39. The predicted octanol–water partition coefficient (Wildman–Crippen LogP) is 4.78. The summed E-state index contributed by atoms with van der Waals surface area (Å²) in [6.07, 6.45) is 0. The highest BCUT2D eigenvalue weighted by Crippen LogP contribution is 2.29. The van der Waals surface area contributed by atoms with Crippen LogP contribution in [0.1, 0.15) is 12.5 Å². The van der Waals surface area contributed by atoms with E-state index in [9.17, 15) is 8.78 Å². The summed E-state index contributed by atoms with van der Waals surface area (Å²) in [6.45, 7) is 3.79. The molecule has 0 atom stereocenters. The largest absolute Gasteiger partial charge is 0.313 e. The molecule has 20 heavy (non-hydrogen) atoms. The highest BCUT2D eigenvalue weighted by Gasteiger charge is 2.07. The van der Waals surface area contributed by atoms with Crippen molar-refractivity contribution in [2.45, 2.75) is 24.1 Å². The van der Waals surface area contributed by atoms with E-state index in [1.54, 1.807) is 12.1 Å². The maximum Gasteiger partial charge on any atom is 0.288 e. The second kappa shape index (κ2) is 7.41. The van der Waals surface area contributed by atoms with Crippen LogP contribution in [-0.4, -0.2) is 12.3 Å². The van der Waals surface area contributed by atoms with E-state index in [2.05, 4.69) is 24.4 Å². The van der Waals surface area contributed by atoms with E-state index in [0.717, 1.165) is 24.2 Å². The monoisotopic (exact) mass is 293 g/mol. The molecule has 0 heterocycles. The number of rotatable bonds is 6. The summed E-state index contributed by atoms with van der Waals surface area (Å²) < 4.78 is 24.6. The molecule has 0 aromatic heterocycles. The minimum absolute atomic E-state index is 0.575. The number of hydrogen-bond acceptors (Lipinski definition) is 2. The Balaban J connectivity index is 2.22. The summed E-state index contributed by atoms with van der Waals surface area (Å²) in [6, 6.07) is 15.4. The summed E-state index contributed by atoms with van der Waals surface area (Å²) in [5.41, 5.74) is 3.41. The summed E-state index contributed by atoms with van der Waals surface area (Å²) in [4.78, 5) is 0.591. The summed E-state index contributed by atoms with van der Waals surface area (Å²) in [5.74, 6) is -2.37. The van der Waals surface area contributed by atoms with Gasteiger partial charge in [-0.2, -0.15) is 8.78 Å². The second-order valence-electron chi connectivity index (χ2n) is 4.34. The van der Waals surface area contributed by atoms with E-state index in [1.807, 2.05) is 24.3 Å². The van der Waals surface area contributed by atoms with Crippen LogP contribution in [0.2, 0.25) is 0 Å². The third-order valence-corrected chi connectivity index (χ3v) is 3.70. The number of nitrogens with one attached hydrogen (secondary N) is 1. The van der Waals surface area contributed by atoms with Crippen LogP contribution in [0.25, 0.3) is 11.1 Å². The van der Waals surface area contributed by atoms with E-state index < -0.39 is 5.76 Å². The Labute approximate surface area is 122 Å². The Bertz CT molecular complexity index is 540. The van der Waals surface area contributed by atoms with Gasteiger partial charge in [0.15, 0.2) is 0 Å². The zero-order valence-electron chi connectivity index (χ0n) is 11.3. The third kappa shape index (κ3) is 4.05. The summed E-state index contributed by atoms with van der Waals surface area (Å²) in [7, 11) is 0. The van der Waals surface area contributed by atoms with Crippen LogP contribution in [0.5, 0.6) is 0 Å². The fourth-order valence-electron chi connectivity index (χ4n) is 2.03. The number of hydrogen-bond donors (Lipinski definition) is 1. The molecule has 1 N–H and O–H groups in total. The van der Waals surface area contributed by atoms with Crippen molar-refractivity contribution in [1.29, 1.82) is 0 Å². The van der Waals surface area contributed by atoms with Crippen LogP contribution in [0.4, 0.5) is 8.78 Å². The fourth-order valence-corrected chi connectivity index (χ4v) is 2.53. The molecule has 2 rings (SSSR count). The average Bonchev–Trinajstić information content (AvgIpc) is 2.46. The Morgan fingerprint density at radius 2 is 1.75 bits per heavy atom. The topological polar surface area (TPSA) is 12.0 Å². The molecule has 0 aliphatic heterocycles. The van der Waals surface area contributed by atoms with Crippen molar-refractivity contribution in [2.75, 3.05) is 6.54 Å². The SMILES string of the molecule is CCNCc1ccccc1-c1ccc(SC(F)F)cc1. The van der Waals surface area contributed by atoms with Crippen LogP contribution in [0, 0.1) is 0 Å². The first-order valence-corrected chi connectivity index (χ1v) is 7.42. The molecule has 1 nitrogen and oxygen atoms in total. The van der Waals surface area contributed by atoms with Crippen molar-refractivity contribution in [2.24, 2.45) is 0 Å². The van der Waals surface area contributed by atoms with Crippen LogP contribution in [-0.2, 0) is 6.54 Å². The van der Waals surface area contributed by atoms with Gasteiger partial charge in [-0.1, -0.05) is 55.1 Å². The molecule has 0 saturated heterocycles. The second-order valence-corrected chi connectivity index (χ2v) is 5.40. The molecule has 2 aromatic rings. The fraction of sp³-hybridized carbons (Fsp3) is 0.250. The molecular formula is C16H17F2NS. The predicted molar refractivity (Wildman–Crippen MR) is 81.1 cm³/mol. The quantitative estimate of drug-likeness (QED) is 0.769. The third-order valence-electron chi connectivity index (χ3n) is 2.97. The maximum atomic E-state index is 12.3. The van der Waals surface area contributed by atoms with Crippen LogP contribution >= 0.6 is 11.8 Å². The zero-order valence-corrected chi connectivity index (χ0v) is 12.1. The van der Waals surface area contributed by atoms with E-state index in [-0.39, 0.29) is 0 Å². The molecule has 0 saturated carbocycles. The highest BCUT2D eigenvalue weighted by molar-refractivity contribution is 7.99. The molecule has 0 bridgehead atoms. The van der Waals surface area contributed by atoms with Gasteiger partial charge < -0.3 is 5.32 Å². The average molecular weight is 293 g/mol.